The molecule has 1 heterocycles. The van der Waals surface area contributed by atoms with Crippen LogP contribution < -0.4 is 5.32 Å². The van der Waals surface area contributed by atoms with E-state index >= 15 is 0 Å². The number of nitrogens with zero attached hydrogens (tertiary/aromatic N) is 3. The van der Waals surface area contributed by atoms with Gasteiger partial charge >= 0.3 is 0 Å². The van der Waals surface area contributed by atoms with E-state index in [-0.39, 0.29) is 11.8 Å². The number of carbonyl (C=O) groups excluding carboxylic acids is 2. The molecule has 30 heavy (non-hydrogen) atoms. The van der Waals surface area contributed by atoms with Crippen molar-refractivity contribution in [1.82, 2.24) is 25.0 Å². The van der Waals surface area contributed by atoms with Crippen molar-refractivity contribution >= 4 is 24.0 Å². The average Bonchev–Trinajstić information content (AvgIpc) is 3.12. The van der Waals surface area contributed by atoms with E-state index in [1.54, 1.807) is 31.1 Å². The van der Waals surface area contributed by atoms with Gasteiger partial charge in [0.1, 0.15) is 0 Å². The van der Waals surface area contributed by atoms with Gasteiger partial charge in [0.05, 0.1) is 0 Å². The van der Waals surface area contributed by atoms with Crippen LogP contribution in [0.15, 0.2) is 48.5 Å². The Morgan fingerprint density at radius 3 is 2.43 bits per heavy atom. The Morgan fingerprint density at radius 2 is 1.80 bits per heavy atom. The molecular weight excluding hydrogens is 398 g/mol. The summed E-state index contributed by atoms with van der Waals surface area (Å²) in [5.41, 5.74) is 3.66. The fraction of sp³-hybridized carbons (Fsp3) is 0.273. The maximum absolute atomic E-state index is 12.7. The molecule has 0 aliphatic rings. The van der Waals surface area contributed by atoms with Crippen molar-refractivity contribution in [2.75, 3.05) is 14.1 Å². The van der Waals surface area contributed by atoms with Crippen molar-refractivity contribution < 1.29 is 9.59 Å². The lowest BCUT2D eigenvalue weighted by atomic mass is 10.1. The number of H-pyrrole nitrogens is 1. The first-order valence-corrected chi connectivity index (χ1v) is 10.1. The third-order valence-corrected chi connectivity index (χ3v) is 5.22. The highest BCUT2D eigenvalue weighted by Gasteiger charge is 2.14. The monoisotopic (exact) mass is 423 g/mol. The molecule has 0 atom stereocenters. The van der Waals surface area contributed by atoms with Crippen LogP contribution in [0.4, 0.5) is 0 Å². The summed E-state index contributed by atoms with van der Waals surface area (Å²) in [5.74, 6) is 0.593. The number of aryl methyl sites for hydroxylation is 1. The molecule has 2 N–H and O–H groups in total. The van der Waals surface area contributed by atoms with Gasteiger partial charge in [-0.05, 0) is 36.8 Å². The average molecular weight is 424 g/mol. The minimum Gasteiger partial charge on any atom is -0.355 e. The maximum Gasteiger partial charge on any atom is 0.251 e. The molecule has 0 saturated heterocycles. The van der Waals surface area contributed by atoms with Crippen LogP contribution in [0.2, 0.25) is 0 Å². The molecule has 156 valence electrons. The molecule has 3 rings (SSSR count). The highest BCUT2D eigenvalue weighted by atomic mass is 32.1. The van der Waals surface area contributed by atoms with Crippen LogP contribution >= 0.6 is 12.2 Å². The van der Waals surface area contributed by atoms with Gasteiger partial charge in [-0.2, -0.15) is 5.10 Å². The topological polar surface area (TPSA) is 83.0 Å². The van der Waals surface area contributed by atoms with E-state index in [9.17, 15) is 9.59 Å². The molecule has 2 aromatic carbocycles. The van der Waals surface area contributed by atoms with Gasteiger partial charge in [-0.25, -0.2) is 0 Å². The van der Waals surface area contributed by atoms with Gasteiger partial charge in [0, 0.05) is 44.7 Å². The summed E-state index contributed by atoms with van der Waals surface area (Å²) in [4.78, 5) is 26.0. The van der Waals surface area contributed by atoms with Crippen molar-refractivity contribution in [3.63, 3.8) is 0 Å². The van der Waals surface area contributed by atoms with Crippen molar-refractivity contribution in [1.29, 1.82) is 0 Å². The lowest BCUT2D eigenvalue weighted by Crippen LogP contribution is -2.27. The third-order valence-electron chi connectivity index (χ3n) is 4.91. The quantitative estimate of drug-likeness (QED) is 0.571. The van der Waals surface area contributed by atoms with Gasteiger partial charge < -0.3 is 10.2 Å². The minimum absolute atomic E-state index is 0.00309. The van der Waals surface area contributed by atoms with Crippen LogP contribution in [-0.2, 0) is 17.9 Å². The Hall–Kier alpha value is -3.26. The highest BCUT2D eigenvalue weighted by Crippen LogP contribution is 2.18. The summed E-state index contributed by atoms with van der Waals surface area (Å²) in [6, 6.07) is 15.3. The van der Waals surface area contributed by atoms with Gasteiger partial charge in [-0.15, -0.1) is 0 Å². The van der Waals surface area contributed by atoms with E-state index < -0.39 is 0 Å². The van der Waals surface area contributed by atoms with Crippen molar-refractivity contribution in [2.24, 2.45) is 0 Å². The number of nitrogens with one attached hydrogen (secondary N) is 2. The molecule has 7 nitrogen and oxygen atoms in total. The zero-order chi connectivity index (χ0) is 21.7. The normalized spacial score (nSPS) is 10.6. The summed E-state index contributed by atoms with van der Waals surface area (Å²) in [6.45, 7) is 2.94. The lowest BCUT2D eigenvalue weighted by molar-refractivity contribution is -0.130. The van der Waals surface area contributed by atoms with Crippen LogP contribution in [0, 0.1) is 11.7 Å². The number of amides is 2. The molecule has 0 spiro atoms. The number of hydrogen-bond donors (Lipinski definition) is 2. The lowest BCUT2D eigenvalue weighted by Gasteiger charge is -2.18. The zero-order valence-corrected chi connectivity index (χ0v) is 18.1. The number of benzene rings is 2. The van der Waals surface area contributed by atoms with Gasteiger partial charge in [0.15, 0.2) is 10.6 Å². The van der Waals surface area contributed by atoms with Crippen LogP contribution in [0.25, 0.3) is 11.4 Å². The van der Waals surface area contributed by atoms with E-state index in [1.165, 1.54) is 5.56 Å². The fourth-order valence-electron chi connectivity index (χ4n) is 3.11. The Morgan fingerprint density at radius 1 is 1.13 bits per heavy atom. The number of aromatic amines is 1. The number of aromatic nitrogens is 3. The summed E-state index contributed by atoms with van der Waals surface area (Å²) >= 11 is 5.35. The molecule has 1 aromatic heterocycles. The Balaban J connectivity index is 1.63. The molecule has 0 fully saturated rings. The highest BCUT2D eigenvalue weighted by molar-refractivity contribution is 7.71. The second kappa shape index (κ2) is 9.49. The predicted octanol–water partition coefficient (Wildman–Crippen LogP) is 3.32. The molecule has 3 aromatic rings. The first-order valence-electron chi connectivity index (χ1n) is 9.66. The fourth-order valence-corrected chi connectivity index (χ4v) is 3.34. The molecule has 8 heteroatoms. The van der Waals surface area contributed by atoms with Crippen molar-refractivity contribution in [3.8, 4) is 11.4 Å². The van der Waals surface area contributed by atoms with E-state index in [0.29, 0.717) is 29.8 Å². The van der Waals surface area contributed by atoms with Gasteiger partial charge in [-0.3, -0.25) is 19.3 Å². The molecule has 0 unspecified atom stereocenters. The third kappa shape index (κ3) is 5.01. The number of carbonyl (C=O) groups is 2. The predicted molar refractivity (Wildman–Crippen MR) is 119 cm³/mol. The smallest absolute Gasteiger partial charge is 0.251 e. The largest absolute Gasteiger partial charge is 0.355 e. The Kier molecular flexibility index (Phi) is 6.79. The standard InChI is InChI=1S/C22H25N5O2S/c1-15-4-8-17(9-5-15)20-24-25-22(30)27(20)13-12-19(28)26(3)14-16-6-10-18(11-7-16)21(29)23-2/h4-11H,12-14H2,1-3H3,(H,23,29)(H,25,30). The molecule has 2 amide bonds. The first-order chi connectivity index (χ1) is 14.4. The zero-order valence-electron chi connectivity index (χ0n) is 17.3. The molecule has 0 bridgehead atoms. The van der Waals surface area contributed by atoms with E-state index in [0.717, 1.165) is 17.0 Å². The first kappa shape index (κ1) is 21.4. The maximum atomic E-state index is 12.7. The van der Waals surface area contributed by atoms with Crippen LogP contribution in [-0.4, -0.2) is 45.6 Å². The van der Waals surface area contributed by atoms with Gasteiger partial charge in [0.2, 0.25) is 5.91 Å². The van der Waals surface area contributed by atoms with E-state index in [1.807, 2.05) is 47.9 Å². The summed E-state index contributed by atoms with van der Waals surface area (Å²) < 4.78 is 2.34. The molecule has 0 saturated carbocycles. The molecule has 0 aliphatic heterocycles. The second-order valence-corrected chi connectivity index (χ2v) is 7.53. The molecule has 0 radical (unpaired) electrons. The molecular formula is C22H25N5O2S. The van der Waals surface area contributed by atoms with E-state index in [4.69, 9.17) is 12.2 Å². The van der Waals surface area contributed by atoms with Crippen molar-refractivity contribution in [2.45, 2.75) is 26.4 Å². The van der Waals surface area contributed by atoms with Crippen LogP contribution in [0.5, 0.6) is 0 Å². The second-order valence-electron chi connectivity index (χ2n) is 7.15. The van der Waals surface area contributed by atoms with E-state index in [2.05, 4.69) is 15.5 Å². The van der Waals surface area contributed by atoms with Crippen molar-refractivity contribution in [3.05, 3.63) is 70.0 Å². The summed E-state index contributed by atoms with van der Waals surface area (Å²) in [5, 5.41) is 9.74. The number of hydrogen-bond acceptors (Lipinski definition) is 4. The number of rotatable bonds is 7. The van der Waals surface area contributed by atoms with Gasteiger partial charge in [-0.1, -0.05) is 42.0 Å². The summed E-state index contributed by atoms with van der Waals surface area (Å²) in [7, 11) is 3.36. The SMILES string of the molecule is CNC(=O)c1ccc(CN(C)C(=O)CCn2c(-c3ccc(C)cc3)n[nH]c2=S)cc1. The van der Waals surface area contributed by atoms with Crippen LogP contribution in [0.1, 0.15) is 27.9 Å². The minimum atomic E-state index is -0.132. The molecule has 0 aliphatic carbocycles. The Labute approximate surface area is 180 Å². The van der Waals surface area contributed by atoms with Gasteiger partial charge in [0.25, 0.3) is 5.91 Å². The van der Waals surface area contributed by atoms with Crippen LogP contribution in [0.3, 0.4) is 0 Å². The Bertz CT molecular complexity index is 1080. The summed E-state index contributed by atoms with van der Waals surface area (Å²) in [6.07, 6.45) is 0.305.